The Morgan fingerprint density at radius 2 is 1.00 bits per heavy atom. The van der Waals surface area contributed by atoms with E-state index in [1.165, 1.54) is 59.9 Å². The van der Waals surface area contributed by atoms with Crippen LogP contribution in [-0.4, -0.2) is 0 Å². The first-order chi connectivity index (χ1) is 10.5. The molecule has 0 nitrogen and oxygen atoms in total. The highest BCUT2D eigenvalue weighted by atomic mass is 32.1. The molecule has 0 bridgehead atoms. The van der Waals surface area contributed by atoms with Crippen LogP contribution in [0.5, 0.6) is 0 Å². The van der Waals surface area contributed by atoms with Gasteiger partial charge in [-0.3, -0.25) is 0 Å². The van der Waals surface area contributed by atoms with Gasteiger partial charge in [0, 0.05) is 39.3 Å². The van der Waals surface area contributed by atoms with E-state index >= 15 is 0 Å². The first kappa shape index (κ1) is 13.5. The van der Waals surface area contributed by atoms with Crippen LogP contribution in [0.25, 0.3) is 39.0 Å². The number of aryl methyl sites for hydroxylation is 4. The van der Waals surface area contributed by atoms with E-state index in [1.54, 1.807) is 0 Å². The van der Waals surface area contributed by atoms with Gasteiger partial charge in [0.2, 0.25) is 0 Å². The molecule has 22 heavy (non-hydrogen) atoms. The van der Waals surface area contributed by atoms with Crippen molar-refractivity contribution >= 4 is 84.3 Å². The molecule has 5 aromatic rings. The molecular formula is C18H14S4. The zero-order chi connectivity index (χ0) is 15.2. The van der Waals surface area contributed by atoms with Gasteiger partial charge < -0.3 is 0 Å². The molecule has 110 valence electrons. The molecule has 4 aromatic heterocycles. The molecule has 0 aliphatic rings. The van der Waals surface area contributed by atoms with Gasteiger partial charge in [-0.15, -0.1) is 45.3 Å². The average molecular weight is 359 g/mol. The van der Waals surface area contributed by atoms with Crippen LogP contribution >= 0.6 is 45.3 Å². The quantitative estimate of drug-likeness (QED) is 0.265. The number of rotatable bonds is 0. The lowest BCUT2D eigenvalue weighted by Crippen LogP contribution is -1.65. The number of benzene rings is 1. The summed E-state index contributed by atoms with van der Waals surface area (Å²) in [4.78, 5) is 2.92. The summed E-state index contributed by atoms with van der Waals surface area (Å²) < 4.78 is 8.85. The summed E-state index contributed by atoms with van der Waals surface area (Å²) in [6.07, 6.45) is 0. The predicted octanol–water partition coefficient (Wildman–Crippen LogP) is 7.78. The third-order valence-electron chi connectivity index (χ3n) is 4.66. The van der Waals surface area contributed by atoms with Crippen molar-refractivity contribution in [2.24, 2.45) is 0 Å². The lowest BCUT2D eigenvalue weighted by Gasteiger charge is -1.93. The van der Waals surface area contributed by atoms with Crippen molar-refractivity contribution in [2.45, 2.75) is 27.7 Å². The number of hydrogen-bond acceptors (Lipinski definition) is 4. The number of thiophene rings is 4. The smallest absolute Gasteiger partial charge is 0.0535 e. The average Bonchev–Trinajstić information content (AvgIpc) is 3.16. The van der Waals surface area contributed by atoms with Crippen molar-refractivity contribution in [3.8, 4) is 0 Å². The molecule has 1 aromatic carbocycles. The van der Waals surface area contributed by atoms with E-state index < -0.39 is 0 Å². The number of hydrogen-bond donors (Lipinski definition) is 0. The number of fused-ring (bicyclic) bond motifs is 6. The highest BCUT2D eigenvalue weighted by Crippen LogP contribution is 2.48. The second kappa shape index (κ2) is 4.32. The second-order valence-electron chi connectivity index (χ2n) is 5.93. The maximum absolute atomic E-state index is 2.45. The van der Waals surface area contributed by atoms with E-state index in [1.807, 2.05) is 45.3 Å². The Morgan fingerprint density at radius 3 is 1.45 bits per heavy atom. The molecule has 4 heteroatoms. The van der Waals surface area contributed by atoms with Crippen molar-refractivity contribution in [2.75, 3.05) is 0 Å². The Balaban J connectivity index is 2.00. The van der Waals surface area contributed by atoms with Gasteiger partial charge in [0.15, 0.2) is 0 Å². The molecule has 0 atom stereocenters. The summed E-state index contributed by atoms with van der Waals surface area (Å²) in [7, 11) is 0. The minimum Gasteiger partial charge on any atom is -0.139 e. The first-order valence-corrected chi connectivity index (χ1v) is 10.6. The minimum atomic E-state index is 1.44. The standard InChI is InChI=1S/C18H14S4/c1-7-9(3)19-17-11-5-12-14(6-13(11)21-15(7)17)22-16-8(2)10(4)20-18(12)16/h5-6H,1-4H3. The van der Waals surface area contributed by atoms with Crippen LogP contribution in [0.1, 0.15) is 20.9 Å². The molecule has 0 aliphatic carbocycles. The normalized spacial score (nSPS) is 12.5. The maximum Gasteiger partial charge on any atom is 0.0535 e. The summed E-state index contributed by atoms with van der Waals surface area (Å²) in [6, 6.07) is 4.87. The van der Waals surface area contributed by atoms with Crippen LogP contribution in [0.2, 0.25) is 0 Å². The van der Waals surface area contributed by atoms with Crippen molar-refractivity contribution < 1.29 is 0 Å². The Morgan fingerprint density at radius 1 is 0.545 bits per heavy atom. The Kier molecular flexibility index (Phi) is 2.65. The SMILES string of the molecule is Cc1sc2c(sc3cc4sc5c(C)c(C)sc5c4cc32)c1C. The third-order valence-corrected chi connectivity index (χ3v) is 9.94. The third kappa shape index (κ3) is 1.56. The summed E-state index contributed by atoms with van der Waals surface area (Å²) in [5, 5.41) is 2.91. The fourth-order valence-corrected chi connectivity index (χ4v) is 8.48. The van der Waals surface area contributed by atoms with Crippen LogP contribution in [0.4, 0.5) is 0 Å². The highest BCUT2D eigenvalue weighted by molar-refractivity contribution is 7.35. The molecule has 0 aliphatic heterocycles. The minimum absolute atomic E-state index is 1.44. The van der Waals surface area contributed by atoms with Gasteiger partial charge in [0.05, 0.1) is 9.40 Å². The van der Waals surface area contributed by atoms with Gasteiger partial charge >= 0.3 is 0 Å². The Hall–Kier alpha value is -0.940. The Bertz CT molecular complexity index is 1110. The van der Waals surface area contributed by atoms with E-state index in [9.17, 15) is 0 Å². The van der Waals surface area contributed by atoms with Crippen molar-refractivity contribution in [3.05, 3.63) is 33.0 Å². The van der Waals surface area contributed by atoms with Crippen LogP contribution in [-0.2, 0) is 0 Å². The fourth-order valence-electron chi connectivity index (χ4n) is 3.12. The van der Waals surface area contributed by atoms with E-state index in [0.29, 0.717) is 0 Å². The van der Waals surface area contributed by atoms with E-state index in [2.05, 4.69) is 39.8 Å². The van der Waals surface area contributed by atoms with Gasteiger partial charge in [-0.25, -0.2) is 0 Å². The molecule has 0 amide bonds. The highest BCUT2D eigenvalue weighted by Gasteiger charge is 2.17. The summed E-state index contributed by atoms with van der Waals surface area (Å²) in [6.45, 7) is 9.00. The molecule has 0 saturated carbocycles. The zero-order valence-electron chi connectivity index (χ0n) is 12.8. The summed E-state index contributed by atoms with van der Waals surface area (Å²) in [5.74, 6) is 0. The van der Waals surface area contributed by atoms with Crippen LogP contribution in [0, 0.1) is 27.7 Å². The van der Waals surface area contributed by atoms with Gasteiger partial charge in [0.1, 0.15) is 0 Å². The molecule has 0 spiro atoms. The van der Waals surface area contributed by atoms with Crippen LogP contribution in [0.3, 0.4) is 0 Å². The van der Waals surface area contributed by atoms with Crippen molar-refractivity contribution in [1.29, 1.82) is 0 Å². The molecule has 5 rings (SSSR count). The Labute approximate surface area is 144 Å². The monoisotopic (exact) mass is 358 g/mol. The molecule has 0 N–H and O–H groups in total. The molecular weight excluding hydrogens is 344 g/mol. The second-order valence-corrected chi connectivity index (χ2v) is 10.5. The molecule has 0 saturated heterocycles. The predicted molar refractivity (Wildman–Crippen MR) is 107 cm³/mol. The molecule has 0 radical (unpaired) electrons. The van der Waals surface area contributed by atoms with Crippen molar-refractivity contribution in [3.63, 3.8) is 0 Å². The molecule has 4 heterocycles. The largest absolute Gasteiger partial charge is 0.139 e. The zero-order valence-corrected chi connectivity index (χ0v) is 16.1. The summed E-state index contributed by atoms with van der Waals surface area (Å²) >= 11 is 7.84. The van der Waals surface area contributed by atoms with Crippen LogP contribution < -0.4 is 0 Å². The van der Waals surface area contributed by atoms with Gasteiger partial charge in [0.25, 0.3) is 0 Å². The summed E-state index contributed by atoms with van der Waals surface area (Å²) in [5.41, 5.74) is 2.94. The van der Waals surface area contributed by atoms with E-state index in [0.717, 1.165) is 0 Å². The first-order valence-electron chi connectivity index (χ1n) is 7.29. The van der Waals surface area contributed by atoms with E-state index in [-0.39, 0.29) is 0 Å². The van der Waals surface area contributed by atoms with Gasteiger partial charge in [-0.1, -0.05) is 0 Å². The van der Waals surface area contributed by atoms with Gasteiger partial charge in [-0.2, -0.15) is 0 Å². The van der Waals surface area contributed by atoms with E-state index in [4.69, 9.17) is 0 Å². The lowest BCUT2D eigenvalue weighted by molar-refractivity contribution is 1.48. The fraction of sp³-hybridized carbons (Fsp3) is 0.222. The maximum atomic E-state index is 2.45. The molecule has 0 fully saturated rings. The molecule has 0 unspecified atom stereocenters. The lowest BCUT2D eigenvalue weighted by atomic mass is 10.2. The van der Waals surface area contributed by atoms with Crippen LogP contribution in [0.15, 0.2) is 12.1 Å². The topological polar surface area (TPSA) is 0 Å². The van der Waals surface area contributed by atoms with Crippen molar-refractivity contribution in [1.82, 2.24) is 0 Å². The van der Waals surface area contributed by atoms with Gasteiger partial charge in [-0.05, 0) is 51.0 Å².